The van der Waals surface area contributed by atoms with Gasteiger partial charge in [-0.25, -0.2) is 0 Å². The lowest BCUT2D eigenvalue weighted by Gasteiger charge is -2.22. The summed E-state index contributed by atoms with van der Waals surface area (Å²) in [5.74, 6) is 0.578. The minimum atomic E-state index is 0.411. The van der Waals surface area contributed by atoms with E-state index in [9.17, 15) is 0 Å². The summed E-state index contributed by atoms with van der Waals surface area (Å²) >= 11 is 3.49. The summed E-state index contributed by atoms with van der Waals surface area (Å²) in [6.07, 6.45) is 0. The molecule has 0 spiro atoms. The summed E-state index contributed by atoms with van der Waals surface area (Å²) in [6, 6.07) is 8.80. The third-order valence-corrected chi connectivity index (χ3v) is 3.26. The van der Waals surface area contributed by atoms with Crippen molar-refractivity contribution < 1.29 is 4.74 Å². The third kappa shape index (κ3) is 5.66. The molecule has 17 heavy (non-hydrogen) atoms. The van der Waals surface area contributed by atoms with E-state index >= 15 is 0 Å². The van der Waals surface area contributed by atoms with E-state index in [1.165, 1.54) is 5.56 Å². The van der Waals surface area contributed by atoms with Gasteiger partial charge in [0.25, 0.3) is 0 Å². The van der Waals surface area contributed by atoms with Crippen molar-refractivity contribution in [2.24, 2.45) is 5.92 Å². The summed E-state index contributed by atoms with van der Waals surface area (Å²) in [5.41, 5.74) is 1.29. The first-order valence-electron chi connectivity index (χ1n) is 6.19. The fourth-order valence-electron chi connectivity index (χ4n) is 1.63. The molecular weight excluding hydrogens is 278 g/mol. The second kappa shape index (κ2) is 7.85. The Morgan fingerprint density at radius 2 is 2.12 bits per heavy atom. The maximum Gasteiger partial charge on any atom is 0.0622 e. The fraction of sp³-hybridized carbons (Fsp3) is 0.571. The predicted molar refractivity (Wildman–Crippen MR) is 76.1 cm³/mol. The van der Waals surface area contributed by atoms with Gasteiger partial charge in [0, 0.05) is 23.7 Å². The van der Waals surface area contributed by atoms with Crippen LogP contribution in [0.4, 0.5) is 0 Å². The molecule has 0 aromatic heterocycles. The molecule has 96 valence electrons. The monoisotopic (exact) mass is 299 g/mol. The molecule has 3 heteroatoms. The van der Waals surface area contributed by atoms with E-state index in [0.717, 1.165) is 24.2 Å². The maximum absolute atomic E-state index is 5.50. The van der Waals surface area contributed by atoms with Crippen LogP contribution >= 0.6 is 15.9 Å². The highest BCUT2D eigenvalue weighted by Crippen LogP contribution is 2.12. The van der Waals surface area contributed by atoms with Gasteiger partial charge in [0.1, 0.15) is 0 Å². The zero-order chi connectivity index (χ0) is 12.7. The molecule has 1 N–H and O–H groups in total. The van der Waals surface area contributed by atoms with E-state index in [-0.39, 0.29) is 0 Å². The second-order valence-corrected chi connectivity index (χ2v) is 5.44. The molecule has 0 bridgehead atoms. The molecule has 0 fully saturated rings. The molecule has 1 unspecified atom stereocenters. The molecule has 0 radical (unpaired) electrons. The standard InChI is InChI=1S/C14H22BrNO/c1-4-17-10-14(11(2)3)16-9-12-6-5-7-13(15)8-12/h5-8,11,14,16H,4,9-10H2,1-3H3. The van der Waals surface area contributed by atoms with Crippen LogP contribution in [0.1, 0.15) is 26.3 Å². The van der Waals surface area contributed by atoms with Crippen molar-refractivity contribution in [1.29, 1.82) is 0 Å². The van der Waals surface area contributed by atoms with Crippen LogP contribution in [0.2, 0.25) is 0 Å². The average molecular weight is 300 g/mol. The van der Waals surface area contributed by atoms with Gasteiger partial charge in [-0.2, -0.15) is 0 Å². The lowest BCUT2D eigenvalue weighted by atomic mass is 10.0. The average Bonchev–Trinajstić information content (AvgIpc) is 2.28. The van der Waals surface area contributed by atoms with E-state index in [2.05, 4.69) is 53.3 Å². The van der Waals surface area contributed by atoms with Crippen LogP contribution in [0.3, 0.4) is 0 Å². The predicted octanol–water partition coefficient (Wildman–Crippen LogP) is 3.60. The molecule has 1 aromatic rings. The Labute approximate surface area is 113 Å². The van der Waals surface area contributed by atoms with Crippen LogP contribution in [0.25, 0.3) is 0 Å². The van der Waals surface area contributed by atoms with E-state index < -0.39 is 0 Å². The molecule has 1 atom stereocenters. The van der Waals surface area contributed by atoms with Gasteiger partial charge in [0.15, 0.2) is 0 Å². The van der Waals surface area contributed by atoms with Crippen LogP contribution in [0.5, 0.6) is 0 Å². The molecule has 0 amide bonds. The van der Waals surface area contributed by atoms with Gasteiger partial charge in [-0.05, 0) is 30.5 Å². The Balaban J connectivity index is 2.45. The zero-order valence-electron chi connectivity index (χ0n) is 10.9. The lowest BCUT2D eigenvalue weighted by Crippen LogP contribution is -2.37. The summed E-state index contributed by atoms with van der Waals surface area (Å²) in [4.78, 5) is 0. The largest absolute Gasteiger partial charge is 0.380 e. The Morgan fingerprint density at radius 3 is 2.71 bits per heavy atom. The van der Waals surface area contributed by atoms with Gasteiger partial charge in [-0.15, -0.1) is 0 Å². The normalized spacial score (nSPS) is 13.0. The van der Waals surface area contributed by atoms with E-state index in [1.54, 1.807) is 0 Å². The number of benzene rings is 1. The number of hydrogen-bond donors (Lipinski definition) is 1. The smallest absolute Gasteiger partial charge is 0.0622 e. The van der Waals surface area contributed by atoms with Crippen molar-refractivity contribution in [2.75, 3.05) is 13.2 Å². The number of halogens is 1. The first-order chi connectivity index (χ1) is 8.13. The van der Waals surface area contributed by atoms with Crippen molar-refractivity contribution in [3.63, 3.8) is 0 Å². The molecule has 0 heterocycles. The second-order valence-electron chi connectivity index (χ2n) is 4.52. The minimum absolute atomic E-state index is 0.411. The maximum atomic E-state index is 5.50. The van der Waals surface area contributed by atoms with Crippen LogP contribution in [-0.2, 0) is 11.3 Å². The van der Waals surface area contributed by atoms with Gasteiger partial charge >= 0.3 is 0 Å². The van der Waals surface area contributed by atoms with Crippen molar-refractivity contribution in [2.45, 2.75) is 33.4 Å². The molecule has 1 rings (SSSR count). The van der Waals surface area contributed by atoms with Crippen molar-refractivity contribution in [3.05, 3.63) is 34.3 Å². The van der Waals surface area contributed by atoms with Crippen LogP contribution in [0.15, 0.2) is 28.7 Å². The first-order valence-corrected chi connectivity index (χ1v) is 6.98. The SMILES string of the molecule is CCOCC(NCc1cccc(Br)c1)C(C)C. The third-order valence-electron chi connectivity index (χ3n) is 2.76. The Bertz CT molecular complexity index is 328. The van der Waals surface area contributed by atoms with Crippen molar-refractivity contribution in [1.82, 2.24) is 5.32 Å². The van der Waals surface area contributed by atoms with Crippen molar-refractivity contribution in [3.8, 4) is 0 Å². The highest BCUT2D eigenvalue weighted by Gasteiger charge is 2.12. The summed E-state index contributed by atoms with van der Waals surface area (Å²) in [6.45, 7) is 8.92. The molecular formula is C14H22BrNO. The van der Waals surface area contributed by atoms with Gasteiger partial charge in [-0.1, -0.05) is 41.9 Å². The summed E-state index contributed by atoms with van der Waals surface area (Å²) < 4.78 is 6.62. The Hall–Kier alpha value is -0.380. The van der Waals surface area contributed by atoms with E-state index in [1.807, 2.05) is 13.0 Å². The Morgan fingerprint density at radius 1 is 1.35 bits per heavy atom. The van der Waals surface area contributed by atoms with Gasteiger partial charge in [0.05, 0.1) is 6.61 Å². The fourth-order valence-corrected chi connectivity index (χ4v) is 2.07. The molecule has 0 aliphatic rings. The van der Waals surface area contributed by atoms with Gasteiger partial charge in [0.2, 0.25) is 0 Å². The number of nitrogens with one attached hydrogen (secondary N) is 1. The van der Waals surface area contributed by atoms with Crippen LogP contribution in [-0.4, -0.2) is 19.3 Å². The molecule has 1 aromatic carbocycles. The lowest BCUT2D eigenvalue weighted by molar-refractivity contribution is 0.108. The van der Waals surface area contributed by atoms with Gasteiger partial charge in [-0.3, -0.25) is 0 Å². The van der Waals surface area contributed by atoms with Crippen LogP contribution < -0.4 is 5.32 Å². The minimum Gasteiger partial charge on any atom is -0.380 e. The molecule has 2 nitrogen and oxygen atoms in total. The van der Waals surface area contributed by atoms with Crippen molar-refractivity contribution >= 4 is 15.9 Å². The summed E-state index contributed by atoms with van der Waals surface area (Å²) in [5, 5.41) is 3.55. The number of ether oxygens (including phenoxy) is 1. The van der Waals surface area contributed by atoms with Gasteiger partial charge < -0.3 is 10.1 Å². The van der Waals surface area contributed by atoms with E-state index in [4.69, 9.17) is 4.74 Å². The molecule has 0 aliphatic heterocycles. The zero-order valence-corrected chi connectivity index (χ0v) is 12.5. The highest BCUT2D eigenvalue weighted by atomic mass is 79.9. The molecule has 0 saturated heterocycles. The summed E-state index contributed by atoms with van der Waals surface area (Å²) in [7, 11) is 0. The number of rotatable bonds is 7. The highest BCUT2D eigenvalue weighted by molar-refractivity contribution is 9.10. The first kappa shape index (κ1) is 14.7. The number of hydrogen-bond acceptors (Lipinski definition) is 2. The Kier molecular flexibility index (Phi) is 6.78. The quantitative estimate of drug-likeness (QED) is 0.831. The molecule has 0 aliphatic carbocycles. The molecule has 0 saturated carbocycles. The van der Waals surface area contributed by atoms with Crippen LogP contribution in [0, 0.1) is 5.92 Å². The van der Waals surface area contributed by atoms with E-state index in [0.29, 0.717) is 12.0 Å². The topological polar surface area (TPSA) is 21.3 Å².